The Morgan fingerprint density at radius 1 is 1.15 bits per heavy atom. The fourth-order valence-corrected chi connectivity index (χ4v) is 2.73. The van der Waals surface area contributed by atoms with Gasteiger partial charge in [-0.05, 0) is 51.0 Å². The Morgan fingerprint density at radius 3 is 2.30 bits per heavy atom. The summed E-state index contributed by atoms with van der Waals surface area (Å²) in [4.78, 5) is 12.4. The second-order valence-corrected chi connectivity index (χ2v) is 6.27. The summed E-state index contributed by atoms with van der Waals surface area (Å²) in [5.41, 5.74) is 0.642. The summed E-state index contributed by atoms with van der Waals surface area (Å²) in [5.74, 6) is 0.983. The first-order valence-corrected chi connectivity index (χ1v) is 7.58. The van der Waals surface area contributed by atoms with E-state index in [2.05, 4.69) is 12.2 Å². The highest BCUT2D eigenvalue weighted by molar-refractivity contribution is 5.95. The first kappa shape index (κ1) is 14.9. The molecular formula is C17H25NO2. The Hall–Kier alpha value is -1.51. The first-order valence-electron chi connectivity index (χ1n) is 7.58. The van der Waals surface area contributed by atoms with Crippen LogP contribution in [-0.2, 0) is 4.79 Å². The number of hydrogen-bond acceptors (Lipinski definition) is 2. The van der Waals surface area contributed by atoms with E-state index in [4.69, 9.17) is 4.74 Å². The number of carbonyl (C=O) groups is 1. The van der Waals surface area contributed by atoms with Crippen molar-refractivity contribution < 1.29 is 9.53 Å². The number of benzene rings is 1. The Labute approximate surface area is 121 Å². The van der Waals surface area contributed by atoms with E-state index in [0.717, 1.165) is 37.1 Å². The van der Waals surface area contributed by atoms with E-state index in [1.54, 1.807) is 0 Å². The maximum absolute atomic E-state index is 12.4. The standard InChI is InChI=1S/C17H25NO2/c1-13(2)20-15-9-7-14(8-10-15)18-16(19)17(3)11-5-4-6-12-17/h7-10,13H,4-6,11-12H2,1-3H3,(H,18,19). The number of amides is 1. The minimum Gasteiger partial charge on any atom is -0.491 e. The van der Waals surface area contributed by atoms with Gasteiger partial charge in [0, 0.05) is 11.1 Å². The van der Waals surface area contributed by atoms with Crippen LogP contribution < -0.4 is 10.1 Å². The Morgan fingerprint density at radius 2 is 1.75 bits per heavy atom. The van der Waals surface area contributed by atoms with Crippen LogP contribution in [0, 0.1) is 5.41 Å². The van der Waals surface area contributed by atoms with Gasteiger partial charge in [0.05, 0.1) is 6.10 Å². The number of ether oxygens (including phenoxy) is 1. The molecule has 2 rings (SSSR count). The van der Waals surface area contributed by atoms with Gasteiger partial charge in [0.2, 0.25) is 5.91 Å². The summed E-state index contributed by atoms with van der Waals surface area (Å²) in [6.07, 6.45) is 5.72. The molecule has 110 valence electrons. The molecule has 1 aliphatic carbocycles. The number of anilines is 1. The fourth-order valence-electron chi connectivity index (χ4n) is 2.73. The molecule has 1 amide bonds. The van der Waals surface area contributed by atoms with Crippen LogP contribution in [0.25, 0.3) is 0 Å². The van der Waals surface area contributed by atoms with Crippen molar-refractivity contribution in [1.82, 2.24) is 0 Å². The summed E-state index contributed by atoms with van der Waals surface area (Å²) in [6.45, 7) is 6.08. The first-order chi connectivity index (χ1) is 9.49. The third-order valence-electron chi connectivity index (χ3n) is 3.99. The van der Waals surface area contributed by atoms with Gasteiger partial charge >= 0.3 is 0 Å². The maximum atomic E-state index is 12.4. The van der Waals surface area contributed by atoms with Gasteiger partial charge in [0.15, 0.2) is 0 Å². The molecule has 1 saturated carbocycles. The fraction of sp³-hybridized carbons (Fsp3) is 0.588. The molecule has 1 N–H and O–H groups in total. The van der Waals surface area contributed by atoms with Gasteiger partial charge in [-0.3, -0.25) is 4.79 Å². The molecule has 20 heavy (non-hydrogen) atoms. The Bertz CT molecular complexity index is 445. The molecule has 1 aliphatic rings. The molecule has 0 radical (unpaired) electrons. The van der Waals surface area contributed by atoms with E-state index in [1.807, 2.05) is 38.1 Å². The van der Waals surface area contributed by atoms with Gasteiger partial charge in [0.1, 0.15) is 5.75 Å². The summed E-state index contributed by atoms with van der Waals surface area (Å²) < 4.78 is 5.60. The Kier molecular flexibility index (Phi) is 4.69. The lowest BCUT2D eigenvalue weighted by Crippen LogP contribution is -2.35. The third kappa shape index (κ3) is 3.75. The summed E-state index contributed by atoms with van der Waals surface area (Å²) in [7, 11) is 0. The second kappa shape index (κ2) is 6.29. The van der Waals surface area contributed by atoms with E-state index in [1.165, 1.54) is 6.42 Å². The largest absolute Gasteiger partial charge is 0.491 e. The monoisotopic (exact) mass is 275 g/mol. The van der Waals surface area contributed by atoms with Crippen molar-refractivity contribution in [2.24, 2.45) is 5.41 Å². The van der Waals surface area contributed by atoms with Crippen LogP contribution in [0.4, 0.5) is 5.69 Å². The van der Waals surface area contributed by atoms with E-state index in [9.17, 15) is 4.79 Å². The van der Waals surface area contributed by atoms with Gasteiger partial charge < -0.3 is 10.1 Å². The molecule has 0 aromatic heterocycles. The van der Waals surface area contributed by atoms with Crippen LogP contribution in [0.3, 0.4) is 0 Å². The molecule has 3 heteroatoms. The predicted molar refractivity (Wildman–Crippen MR) is 82.0 cm³/mol. The van der Waals surface area contributed by atoms with Crippen molar-refractivity contribution in [3.05, 3.63) is 24.3 Å². The average Bonchev–Trinajstić information content (AvgIpc) is 2.41. The van der Waals surface area contributed by atoms with Gasteiger partial charge in [-0.15, -0.1) is 0 Å². The molecule has 0 bridgehead atoms. The number of rotatable bonds is 4. The zero-order valence-electron chi connectivity index (χ0n) is 12.7. The molecule has 1 fully saturated rings. The lowest BCUT2D eigenvalue weighted by Gasteiger charge is -2.32. The van der Waals surface area contributed by atoms with E-state index < -0.39 is 0 Å². The zero-order valence-corrected chi connectivity index (χ0v) is 12.7. The average molecular weight is 275 g/mol. The van der Waals surface area contributed by atoms with Crippen LogP contribution in [0.2, 0.25) is 0 Å². The number of nitrogens with one attached hydrogen (secondary N) is 1. The SMILES string of the molecule is CC(C)Oc1ccc(NC(=O)C2(C)CCCCC2)cc1. The molecule has 0 atom stereocenters. The molecule has 0 aliphatic heterocycles. The van der Waals surface area contributed by atoms with Crippen LogP contribution in [0.1, 0.15) is 52.9 Å². The van der Waals surface area contributed by atoms with E-state index in [0.29, 0.717) is 0 Å². The van der Waals surface area contributed by atoms with Gasteiger partial charge in [-0.25, -0.2) is 0 Å². The molecule has 0 heterocycles. The van der Waals surface area contributed by atoms with Crippen LogP contribution in [-0.4, -0.2) is 12.0 Å². The Balaban J connectivity index is 1.97. The second-order valence-electron chi connectivity index (χ2n) is 6.27. The van der Waals surface area contributed by atoms with Crippen LogP contribution in [0.5, 0.6) is 5.75 Å². The summed E-state index contributed by atoms with van der Waals surface area (Å²) in [5, 5.41) is 3.04. The normalized spacial score (nSPS) is 17.8. The molecule has 0 saturated heterocycles. The van der Waals surface area contributed by atoms with E-state index >= 15 is 0 Å². The lowest BCUT2D eigenvalue weighted by molar-refractivity contribution is -0.126. The van der Waals surface area contributed by atoms with Gasteiger partial charge in [-0.2, -0.15) is 0 Å². The smallest absolute Gasteiger partial charge is 0.230 e. The van der Waals surface area contributed by atoms with Crippen molar-refractivity contribution in [3.8, 4) is 5.75 Å². The van der Waals surface area contributed by atoms with Gasteiger partial charge in [-0.1, -0.05) is 26.2 Å². The molecular weight excluding hydrogens is 250 g/mol. The topological polar surface area (TPSA) is 38.3 Å². The highest BCUT2D eigenvalue weighted by Crippen LogP contribution is 2.36. The highest BCUT2D eigenvalue weighted by atomic mass is 16.5. The number of carbonyl (C=O) groups excluding carboxylic acids is 1. The van der Waals surface area contributed by atoms with Crippen LogP contribution in [0.15, 0.2) is 24.3 Å². The maximum Gasteiger partial charge on any atom is 0.230 e. The van der Waals surface area contributed by atoms with Crippen molar-refractivity contribution in [3.63, 3.8) is 0 Å². The molecule has 0 unspecified atom stereocenters. The van der Waals surface area contributed by atoms with Crippen molar-refractivity contribution in [2.75, 3.05) is 5.32 Å². The molecule has 1 aromatic carbocycles. The molecule has 0 spiro atoms. The van der Waals surface area contributed by atoms with Crippen molar-refractivity contribution in [2.45, 2.75) is 59.0 Å². The molecule has 1 aromatic rings. The highest BCUT2D eigenvalue weighted by Gasteiger charge is 2.34. The van der Waals surface area contributed by atoms with E-state index in [-0.39, 0.29) is 17.4 Å². The van der Waals surface area contributed by atoms with Crippen LogP contribution >= 0.6 is 0 Å². The van der Waals surface area contributed by atoms with Crippen molar-refractivity contribution >= 4 is 11.6 Å². The minimum atomic E-state index is -0.203. The molecule has 3 nitrogen and oxygen atoms in total. The summed E-state index contributed by atoms with van der Waals surface area (Å²) >= 11 is 0. The minimum absolute atomic E-state index is 0.148. The van der Waals surface area contributed by atoms with Crippen molar-refractivity contribution in [1.29, 1.82) is 0 Å². The van der Waals surface area contributed by atoms with Gasteiger partial charge in [0.25, 0.3) is 0 Å². The zero-order chi connectivity index (χ0) is 14.6. The third-order valence-corrected chi connectivity index (χ3v) is 3.99. The lowest BCUT2D eigenvalue weighted by atomic mass is 9.75. The predicted octanol–water partition coefficient (Wildman–Crippen LogP) is 4.38. The quantitative estimate of drug-likeness (QED) is 0.885. The summed E-state index contributed by atoms with van der Waals surface area (Å²) in [6, 6.07) is 7.61. The number of hydrogen-bond donors (Lipinski definition) is 1.